The van der Waals surface area contributed by atoms with Crippen molar-refractivity contribution < 1.29 is 13.2 Å². The summed E-state index contributed by atoms with van der Waals surface area (Å²) in [5, 5.41) is 3.30. The molecule has 0 bridgehead atoms. The molecule has 1 amide bonds. The Bertz CT molecular complexity index is 958. The molecule has 0 unspecified atom stereocenters. The van der Waals surface area contributed by atoms with Crippen LogP contribution >= 0.6 is 0 Å². The molecule has 0 aromatic heterocycles. The first-order chi connectivity index (χ1) is 14.4. The highest BCUT2D eigenvalue weighted by atomic mass is 32.2. The molecular weight excluding hydrogens is 400 g/mol. The topological polar surface area (TPSA) is 81.8 Å². The van der Waals surface area contributed by atoms with Crippen molar-refractivity contribution in [1.82, 2.24) is 10.2 Å². The third kappa shape index (κ3) is 5.31. The number of amides is 1. The third-order valence-electron chi connectivity index (χ3n) is 5.19. The summed E-state index contributed by atoms with van der Waals surface area (Å²) in [6.45, 7) is 5.93. The van der Waals surface area contributed by atoms with Crippen molar-refractivity contribution in [2.45, 2.75) is 24.7 Å². The molecule has 3 rings (SSSR count). The molecule has 1 fully saturated rings. The summed E-state index contributed by atoms with van der Waals surface area (Å²) in [6, 6.07) is 13.5. The number of rotatable bonds is 8. The van der Waals surface area contributed by atoms with Crippen LogP contribution in [0.4, 0.5) is 11.4 Å². The van der Waals surface area contributed by atoms with Gasteiger partial charge in [-0.2, -0.15) is 0 Å². The van der Waals surface area contributed by atoms with E-state index in [1.54, 1.807) is 54.4 Å². The van der Waals surface area contributed by atoms with Gasteiger partial charge in [0.15, 0.2) is 0 Å². The van der Waals surface area contributed by atoms with Gasteiger partial charge in [0.2, 0.25) is 0 Å². The Morgan fingerprint density at radius 1 is 1.13 bits per heavy atom. The Labute approximate surface area is 179 Å². The van der Waals surface area contributed by atoms with Crippen LogP contribution in [0.5, 0.6) is 0 Å². The van der Waals surface area contributed by atoms with Crippen LogP contribution in [-0.2, 0) is 10.0 Å². The number of unbranched alkanes of at least 4 members (excludes halogenated alkanes) is 1. The Morgan fingerprint density at radius 2 is 1.83 bits per heavy atom. The van der Waals surface area contributed by atoms with Crippen LogP contribution in [0.3, 0.4) is 0 Å². The summed E-state index contributed by atoms with van der Waals surface area (Å²) in [5.74, 6) is -0.115. The molecule has 162 valence electrons. The average Bonchev–Trinajstić information content (AvgIpc) is 2.78. The second kappa shape index (κ2) is 9.95. The molecule has 0 spiro atoms. The van der Waals surface area contributed by atoms with Crippen LogP contribution in [0.2, 0.25) is 0 Å². The minimum Gasteiger partial charge on any atom is -0.367 e. The van der Waals surface area contributed by atoms with Gasteiger partial charge in [-0.1, -0.05) is 31.5 Å². The highest BCUT2D eigenvalue weighted by Crippen LogP contribution is 2.30. The molecule has 1 saturated heterocycles. The maximum atomic E-state index is 13.0. The highest BCUT2D eigenvalue weighted by molar-refractivity contribution is 7.92. The predicted molar refractivity (Wildman–Crippen MR) is 121 cm³/mol. The van der Waals surface area contributed by atoms with Gasteiger partial charge in [-0.15, -0.1) is 0 Å². The van der Waals surface area contributed by atoms with Gasteiger partial charge in [0, 0.05) is 45.3 Å². The van der Waals surface area contributed by atoms with E-state index < -0.39 is 10.0 Å². The molecule has 8 heteroatoms. The quantitative estimate of drug-likeness (QED) is 0.673. The SMILES string of the molecule is CCCCN(C)C(=O)c1ccc(N2CCNCC2)c(NS(=O)(=O)c2ccccc2)c1. The number of carbonyl (C=O) groups excluding carboxylic acids is 1. The van der Waals surface area contributed by atoms with E-state index in [-0.39, 0.29) is 10.8 Å². The van der Waals surface area contributed by atoms with E-state index in [1.807, 2.05) is 6.07 Å². The summed E-state index contributed by atoms with van der Waals surface area (Å²) in [5.41, 5.74) is 1.68. The third-order valence-corrected chi connectivity index (χ3v) is 6.57. The van der Waals surface area contributed by atoms with E-state index in [1.165, 1.54) is 0 Å². The second-order valence-corrected chi connectivity index (χ2v) is 9.15. The zero-order chi connectivity index (χ0) is 21.6. The van der Waals surface area contributed by atoms with E-state index >= 15 is 0 Å². The zero-order valence-corrected chi connectivity index (χ0v) is 18.4. The molecule has 2 N–H and O–H groups in total. The maximum absolute atomic E-state index is 13.0. The van der Waals surface area contributed by atoms with Gasteiger partial charge in [0.1, 0.15) is 0 Å². The van der Waals surface area contributed by atoms with Gasteiger partial charge in [0.05, 0.1) is 16.3 Å². The smallest absolute Gasteiger partial charge is 0.261 e. The normalized spacial score (nSPS) is 14.4. The van der Waals surface area contributed by atoms with Gasteiger partial charge >= 0.3 is 0 Å². The molecule has 7 nitrogen and oxygen atoms in total. The second-order valence-electron chi connectivity index (χ2n) is 7.47. The minimum atomic E-state index is -3.77. The number of nitrogens with zero attached hydrogens (tertiary/aromatic N) is 2. The fourth-order valence-electron chi connectivity index (χ4n) is 3.45. The monoisotopic (exact) mass is 430 g/mol. The first-order valence-corrected chi connectivity index (χ1v) is 11.8. The number of nitrogens with one attached hydrogen (secondary N) is 2. The van der Waals surface area contributed by atoms with Gasteiger partial charge in [-0.05, 0) is 36.8 Å². The van der Waals surface area contributed by atoms with Gasteiger partial charge < -0.3 is 15.1 Å². The molecular formula is C22H30N4O3S. The van der Waals surface area contributed by atoms with E-state index in [2.05, 4.69) is 21.9 Å². The molecule has 1 heterocycles. The summed E-state index contributed by atoms with van der Waals surface area (Å²) in [7, 11) is -1.99. The lowest BCUT2D eigenvalue weighted by molar-refractivity contribution is 0.0793. The van der Waals surface area contributed by atoms with Crippen molar-refractivity contribution in [3.05, 3.63) is 54.1 Å². The minimum absolute atomic E-state index is 0.115. The fraction of sp³-hybridized carbons (Fsp3) is 0.409. The number of carbonyl (C=O) groups is 1. The van der Waals surface area contributed by atoms with Crippen LogP contribution in [0.25, 0.3) is 0 Å². The number of piperazine rings is 1. The summed E-state index contributed by atoms with van der Waals surface area (Å²) < 4.78 is 28.6. The van der Waals surface area contributed by atoms with E-state index in [4.69, 9.17) is 0 Å². The van der Waals surface area contributed by atoms with Crippen molar-refractivity contribution in [3.63, 3.8) is 0 Å². The first kappa shape index (κ1) is 22.1. The van der Waals surface area contributed by atoms with Crippen LogP contribution in [0, 0.1) is 0 Å². The molecule has 30 heavy (non-hydrogen) atoms. The van der Waals surface area contributed by atoms with Crippen LogP contribution in [-0.4, -0.2) is 59.0 Å². The molecule has 1 aliphatic heterocycles. The lowest BCUT2D eigenvalue weighted by atomic mass is 10.1. The van der Waals surface area contributed by atoms with E-state index in [9.17, 15) is 13.2 Å². The van der Waals surface area contributed by atoms with Crippen molar-refractivity contribution >= 4 is 27.3 Å². The fourth-order valence-corrected chi connectivity index (χ4v) is 4.54. The Morgan fingerprint density at radius 3 is 2.50 bits per heavy atom. The number of sulfonamides is 1. The lowest BCUT2D eigenvalue weighted by Gasteiger charge is -2.31. The van der Waals surface area contributed by atoms with E-state index in [0.29, 0.717) is 17.8 Å². The van der Waals surface area contributed by atoms with Crippen molar-refractivity contribution in [2.24, 2.45) is 0 Å². The number of benzene rings is 2. The molecule has 2 aromatic rings. The number of hydrogen-bond acceptors (Lipinski definition) is 5. The van der Waals surface area contributed by atoms with E-state index in [0.717, 1.165) is 44.7 Å². The molecule has 0 radical (unpaired) electrons. The number of anilines is 2. The lowest BCUT2D eigenvalue weighted by Crippen LogP contribution is -2.43. The van der Waals surface area contributed by atoms with Gasteiger partial charge in [0.25, 0.3) is 15.9 Å². The Hall–Kier alpha value is -2.58. The predicted octanol–water partition coefficient (Wildman–Crippen LogP) is 2.77. The molecule has 2 aromatic carbocycles. The van der Waals surface area contributed by atoms with Crippen molar-refractivity contribution in [1.29, 1.82) is 0 Å². The van der Waals surface area contributed by atoms with Crippen LogP contribution in [0.1, 0.15) is 30.1 Å². The van der Waals surface area contributed by atoms with Gasteiger partial charge in [-0.3, -0.25) is 9.52 Å². The largest absolute Gasteiger partial charge is 0.367 e. The summed E-state index contributed by atoms with van der Waals surface area (Å²) >= 11 is 0. The first-order valence-electron chi connectivity index (χ1n) is 10.4. The Kier molecular flexibility index (Phi) is 7.33. The maximum Gasteiger partial charge on any atom is 0.261 e. The van der Waals surface area contributed by atoms with Crippen LogP contribution in [0.15, 0.2) is 53.4 Å². The molecule has 1 aliphatic rings. The van der Waals surface area contributed by atoms with Gasteiger partial charge in [-0.25, -0.2) is 8.42 Å². The standard InChI is InChI=1S/C22H30N4O3S/c1-3-4-14-25(2)22(27)18-10-11-21(26-15-12-23-13-16-26)20(17-18)24-30(28,29)19-8-6-5-7-9-19/h5-11,17,23-24H,3-4,12-16H2,1-2H3. The highest BCUT2D eigenvalue weighted by Gasteiger charge is 2.22. The molecule has 0 saturated carbocycles. The summed E-state index contributed by atoms with van der Waals surface area (Å²) in [6.07, 6.45) is 1.93. The molecule has 0 aliphatic carbocycles. The van der Waals surface area contributed by atoms with Crippen LogP contribution < -0.4 is 14.9 Å². The summed E-state index contributed by atoms with van der Waals surface area (Å²) in [4.78, 5) is 16.9. The Balaban J connectivity index is 1.95. The van der Waals surface area contributed by atoms with Crippen molar-refractivity contribution in [2.75, 3.05) is 49.4 Å². The molecule has 0 atom stereocenters. The van der Waals surface area contributed by atoms with Crippen molar-refractivity contribution in [3.8, 4) is 0 Å². The zero-order valence-electron chi connectivity index (χ0n) is 17.6. The number of hydrogen-bond donors (Lipinski definition) is 2. The average molecular weight is 431 g/mol.